The number of likely N-dealkylation sites (N-methyl/N-ethyl adjacent to an activating group) is 2. The highest BCUT2D eigenvalue weighted by Gasteiger charge is 2.61. The fourth-order valence-corrected chi connectivity index (χ4v) is 5.97. The van der Waals surface area contributed by atoms with Crippen molar-refractivity contribution in [1.29, 1.82) is 0 Å². The molecule has 0 saturated heterocycles. The number of hydrogen-bond acceptors (Lipinski definition) is 3. The summed E-state index contributed by atoms with van der Waals surface area (Å²) in [5.74, 6) is 1.39. The second-order valence-electron chi connectivity index (χ2n) is 10.1. The molecule has 0 aromatic heterocycles. The molecule has 4 atom stereocenters. The van der Waals surface area contributed by atoms with E-state index in [2.05, 4.69) is 45.0 Å². The van der Waals surface area contributed by atoms with Gasteiger partial charge in [0.2, 0.25) is 11.8 Å². The highest BCUT2D eigenvalue weighted by molar-refractivity contribution is 5.92. The predicted molar refractivity (Wildman–Crippen MR) is 155 cm³/mol. The zero-order chi connectivity index (χ0) is 26.3. The van der Waals surface area contributed by atoms with Crippen LogP contribution in [0.15, 0.2) is 60.7 Å². The predicted octanol–water partition coefficient (Wildman–Crippen LogP) is 5.42. The van der Waals surface area contributed by atoms with E-state index in [1.807, 2.05) is 60.0 Å². The van der Waals surface area contributed by atoms with Crippen LogP contribution >= 0.6 is 12.4 Å². The van der Waals surface area contributed by atoms with Gasteiger partial charge < -0.3 is 15.5 Å². The molecule has 37 heavy (non-hydrogen) atoms. The van der Waals surface area contributed by atoms with E-state index in [0.717, 1.165) is 51.0 Å². The Labute approximate surface area is 230 Å². The highest BCUT2D eigenvalue weighted by atomic mass is 35.5. The number of amides is 2. The van der Waals surface area contributed by atoms with Gasteiger partial charge in [-0.2, -0.15) is 0 Å². The van der Waals surface area contributed by atoms with Gasteiger partial charge in [-0.25, -0.2) is 0 Å². The molecule has 2 amide bonds. The minimum absolute atomic E-state index is 0. The van der Waals surface area contributed by atoms with Crippen LogP contribution in [0, 0.1) is 11.8 Å². The molecule has 2 N–H and O–H groups in total. The Morgan fingerprint density at radius 2 is 1.05 bits per heavy atom. The maximum atomic E-state index is 12.8. The van der Waals surface area contributed by atoms with Gasteiger partial charge in [-0.15, -0.1) is 12.4 Å². The second kappa shape index (κ2) is 13.4. The number of nitrogens with zero attached hydrogens (tertiary/aromatic N) is 2. The molecule has 2 aromatic carbocycles. The summed E-state index contributed by atoms with van der Waals surface area (Å²) in [6, 6.07) is 20.4. The van der Waals surface area contributed by atoms with Gasteiger partial charge in [-0.05, 0) is 70.0 Å². The SMILES string of the molecule is CCN(CC)C(=O)[C@@]1(c2ccccc2)C[C@H]1CN.CC[C@H]1C[C@]1(C(=O)N(CC)CC)c1ccccc1.Cl. The van der Waals surface area contributed by atoms with Gasteiger partial charge >= 0.3 is 0 Å². The van der Waals surface area contributed by atoms with Crippen LogP contribution in [0.3, 0.4) is 0 Å². The first-order valence-corrected chi connectivity index (χ1v) is 13.8. The van der Waals surface area contributed by atoms with Crippen LogP contribution in [0.2, 0.25) is 0 Å². The van der Waals surface area contributed by atoms with Gasteiger partial charge in [0.1, 0.15) is 0 Å². The monoisotopic (exact) mass is 527 g/mol. The van der Waals surface area contributed by atoms with Gasteiger partial charge in [0.05, 0.1) is 10.8 Å². The Bertz CT molecular complexity index is 913. The van der Waals surface area contributed by atoms with Crippen molar-refractivity contribution in [1.82, 2.24) is 9.80 Å². The van der Waals surface area contributed by atoms with Gasteiger partial charge in [0.25, 0.3) is 0 Å². The Morgan fingerprint density at radius 3 is 1.32 bits per heavy atom. The van der Waals surface area contributed by atoms with Crippen LogP contribution in [-0.4, -0.2) is 54.3 Å². The first kappa shape index (κ1) is 30.9. The number of hydrogen-bond donors (Lipinski definition) is 1. The van der Waals surface area contributed by atoms with Crippen LogP contribution in [-0.2, 0) is 20.4 Å². The highest BCUT2D eigenvalue weighted by Crippen LogP contribution is 2.57. The molecule has 2 fully saturated rings. The molecule has 6 heteroatoms. The van der Waals surface area contributed by atoms with Crippen molar-refractivity contribution >= 4 is 24.2 Å². The summed E-state index contributed by atoms with van der Waals surface area (Å²) in [4.78, 5) is 29.4. The molecular formula is C31H46ClN3O2. The molecule has 0 spiro atoms. The van der Waals surface area contributed by atoms with Crippen molar-refractivity contribution in [3.05, 3.63) is 71.8 Å². The summed E-state index contributed by atoms with van der Waals surface area (Å²) >= 11 is 0. The van der Waals surface area contributed by atoms with Crippen LogP contribution in [0.4, 0.5) is 0 Å². The number of carbonyl (C=O) groups excluding carboxylic acids is 2. The number of benzene rings is 2. The number of nitrogens with two attached hydrogens (primary N) is 1. The Morgan fingerprint density at radius 1 is 0.703 bits per heavy atom. The molecule has 0 unspecified atom stereocenters. The molecule has 0 heterocycles. The van der Waals surface area contributed by atoms with Gasteiger partial charge in [-0.3, -0.25) is 9.59 Å². The lowest BCUT2D eigenvalue weighted by Crippen LogP contribution is -2.40. The van der Waals surface area contributed by atoms with Crippen LogP contribution in [0.25, 0.3) is 0 Å². The lowest BCUT2D eigenvalue weighted by molar-refractivity contribution is -0.134. The normalized spacial score (nSPS) is 25.1. The van der Waals surface area contributed by atoms with Crippen molar-refractivity contribution in [2.45, 2.75) is 64.7 Å². The molecule has 2 saturated carbocycles. The zero-order valence-electron chi connectivity index (χ0n) is 23.3. The Hall–Kier alpha value is -2.37. The molecular weight excluding hydrogens is 482 g/mol. The van der Waals surface area contributed by atoms with Gasteiger partial charge in [0.15, 0.2) is 0 Å². The molecule has 5 nitrogen and oxygen atoms in total. The van der Waals surface area contributed by atoms with E-state index in [0.29, 0.717) is 24.3 Å². The van der Waals surface area contributed by atoms with E-state index in [1.54, 1.807) is 0 Å². The van der Waals surface area contributed by atoms with E-state index < -0.39 is 0 Å². The Balaban J connectivity index is 0.000000253. The van der Waals surface area contributed by atoms with Crippen molar-refractivity contribution in [2.75, 3.05) is 32.7 Å². The smallest absolute Gasteiger partial charge is 0.233 e. The Kier molecular flexibility index (Phi) is 11.2. The fourth-order valence-electron chi connectivity index (χ4n) is 5.97. The molecule has 0 aliphatic heterocycles. The average molecular weight is 528 g/mol. The maximum absolute atomic E-state index is 12.8. The third kappa shape index (κ3) is 5.88. The summed E-state index contributed by atoms with van der Waals surface area (Å²) in [7, 11) is 0. The molecule has 4 rings (SSSR count). The van der Waals surface area contributed by atoms with E-state index >= 15 is 0 Å². The first-order chi connectivity index (χ1) is 17.4. The van der Waals surface area contributed by atoms with Crippen molar-refractivity contribution in [3.8, 4) is 0 Å². The quantitative estimate of drug-likeness (QED) is 0.449. The summed E-state index contributed by atoms with van der Waals surface area (Å²) in [6.45, 7) is 14.1. The van der Waals surface area contributed by atoms with Crippen LogP contribution in [0.1, 0.15) is 65.0 Å². The minimum Gasteiger partial charge on any atom is -0.342 e. The van der Waals surface area contributed by atoms with E-state index in [4.69, 9.17) is 5.73 Å². The van der Waals surface area contributed by atoms with Crippen molar-refractivity contribution in [2.24, 2.45) is 17.6 Å². The molecule has 2 aliphatic rings. The number of rotatable bonds is 10. The first-order valence-electron chi connectivity index (χ1n) is 13.8. The third-order valence-electron chi connectivity index (χ3n) is 8.43. The van der Waals surface area contributed by atoms with Crippen molar-refractivity contribution in [3.63, 3.8) is 0 Å². The lowest BCUT2D eigenvalue weighted by atomic mass is 9.90. The van der Waals surface area contributed by atoms with Crippen LogP contribution in [0.5, 0.6) is 0 Å². The largest absolute Gasteiger partial charge is 0.342 e. The summed E-state index contributed by atoms with van der Waals surface area (Å²) in [5.41, 5.74) is 7.56. The number of carbonyl (C=O) groups is 2. The van der Waals surface area contributed by atoms with Gasteiger partial charge in [0, 0.05) is 26.2 Å². The molecule has 2 aliphatic carbocycles. The summed E-state index contributed by atoms with van der Waals surface area (Å²) in [6.07, 6.45) is 2.99. The number of halogens is 1. The van der Waals surface area contributed by atoms with Gasteiger partial charge in [-0.1, -0.05) is 74.0 Å². The molecule has 0 bridgehead atoms. The van der Waals surface area contributed by atoms with Crippen molar-refractivity contribution < 1.29 is 9.59 Å². The third-order valence-corrected chi connectivity index (χ3v) is 8.43. The maximum Gasteiger partial charge on any atom is 0.233 e. The summed E-state index contributed by atoms with van der Waals surface area (Å²) in [5, 5.41) is 0. The molecule has 0 radical (unpaired) electrons. The zero-order valence-corrected chi connectivity index (χ0v) is 24.1. The second-order valence-corrected chi connectivity index (χ2v) is 10.1. The molecule has 2 aromatic rings. The standard InChI is InChI=1S/C16H23NO.C15H22N2O.ClH/c1-4-13-12-16(13,14-10-8-7-9-11-14)15(18)17(5-2)6-3;1-3-17(4-2)14(18)15(10-13(15)11-16)12-8-6-5-7-9-12;/h7-11,13H,4-6,12H2,1-3H3;5-9,13H,3-4,10-11,16H2,1-2H3;1H/t13-,16+;13-,15+;/m00./s1. The van der Waals surface area contributed by atoms with E-state index in [1.165, 1.54) is 5.56 Å². The van der Waals surface area contributed by atoms with Crippen LogP contribution < -0.4 is 5.73 Å². The van der Waals surface area contributed by atoms with E-state index in [9.17, 15) is 9.59 Å². The topological polar surface area (TPSA) is 66.6 Å². The van der Waals surface area contributed by atoms with E-state index in [-0.39, 0.29) is 29.1 Å². The minimum atomic E-state index is -0.345. The fraction of sp³-hybridized carbons (Fsp3) is 0.548. The average Bonchev–Trinajstić information content (AvgIpc) is 3.85. The lowest BCUT2D eigenvalue weighted by Gasteiger charge is -2.26. The molecule has 204 valence electrons. The summed E-state index contributed by atoms with van der Waals surface area (Å²) < 4.78 is 0.